The van der Waals surface area contributed by atoms with Crippen LogP contribution in [-0.4, -0.2) is 28.2 Å². The second-order valence-corrected chi connectivity index (χ2v) is 8.28. The van der Waals surface area contributed by atoms with Crippen LogP contribution in [0, 0.1) is 0 Å². The van der Waals surface area contributed by atoms with Gasteiger partial charge in [-0.3, -0.25) is 0 Å². The quantitative estimate of drug-likeness (QED) is 0.205. The summed E-state index contributed by atoms with van der Waals surface area (Å²) in [4.78, 5) is 18.5. The van der Waals surface area contributed by atoms with E-state index in [2.05, 4.69) is 19.3 Å². The predicted octanol–water partition coefficient (Wildman–Crippen LogP) is 4.58. The van der Waals surface area contributed by atoms with E-state index in [0.717, 1.165) is 53.5 Å². The third kappa shape index (κ3) is 10.8. The molecule has 0 atom stereocenters. The third-order valence-electron chi connectivity index (χ3n) is 4.37. The van der Waals surface area contributed by atoms with E-state index in [1.54, 1.807) is 0 Å². The maximum absolute atomic E-state index is 11.4. The Hall–Kier alpha value is -1.93. The Balaban J connectivity index is 1.92. The second kappa shape index (κ2) is 13.5. The first-order valence-corrected chi connectivity index (χ1v) is 12.1. The van der Waals surface area contributed by atoms with Gasteiger partial charge in [-0.15, -0.1) is 5.17 Å². The van der Waals surface area contributed by atoms with Gasteiger partial charge >= 0.3 is 7.82 Å². The molecule has 0 aliphatic rings. The number of nitrogens with zero attached hydrogens (tertiary/aromatic N) is 1. The second-order valence-electron chi connectivity index (χ2n) is 7.14. The van der Waals surface area contributed by atoms with Crippen LogP contribution >= 0.6 is 7.82 Å². The lowest BCUT2D eigenvalue weighted by Crippen LogP contribution is -2.36. The molecule has 0 bridgehead atoms. The minimum absolute atomic E-state index is 0.137. The number of hydroxylamine groups is 1. The molecule has 0 heterocycles. The lowest BCUT2D eigenvalue weighted by molar-refractivity contribution is -0.134. The van der Waals surface area contributed by atoms with Crippen molar-refractivity contribution in [3.05, 3.63) is 59.7 Å². The van der Waals surface area contributed by atoms with Gasteiger partial charge in [0.05, 0.1) is 19.8 Å². The first-order valence-electron chi connectivity index (χ1n) is 10.6. The number of phosphoric acid groups is 1. The van der Waals surface area contributed by atoms with Gasteiger partial charge in [0.1, 0.15) is 11.5 Å². The predicted molar refractivity (Wildman–Crippen MR) is 119 cm³/mol. The molecule has 0 aromatic heterocycles. The smallest absolute Gasteiger partial charge is 0.487 e. The van der Waals surface area contributed by atoms with E-state index in [9.17, 15) is 14.4 Å². The van der Waals surface area contributed by atoms with Crippen LogP contribution in [0.5, 0.6) is 11.5 Å². The molecule has 3 N–H and O–H groups in total. The van der Waals surface area contributed by atoms with Crippen LogP contribution in [-0.2, 0) is 22.3 Å². The zero-order valence-electron chi connectivity index (χ0n) is 18.2. The van der Waals surface area contributed by atoms with Crippen LogP contribution in [0.1, 0.15) is 50.7 Å². The Kier molecular flexibility index (Phi) is 11.0. The van der Waals surface area contributed by atoms with Crippen LogP contribution in [0.25, 0.3) is 0 Å². The number of nitrogens with one attached hydrogen (secondary N) is 1. The number of benzene rings is 2. The van der Waals surface area contributed by atoms with Crippen LogP contribution in [0.15, 0.2) is 48.5 Å². The van der Waals surface area contributed by atoms with Crippen LogP contribution in [0.4, 0.5) is 0 Å². The number of hydrogen-bond donors (Lipinski definition) is 3. The molecule has 0 fully saturated rings. The van der Waals surface area contributed by atoms with Crippen molar-refractivity contribution in [1.29, 1.82) is 0 Å². The highest BCUT2D eigenvalue weighted by molar-refractivity contribution is 7.46. The van der Waals surface area contributed by atoms with Gasteiger partial charge in [-0.05, 0) is 48.2 Å². The molecular weight excluding hydrogens is 419 g/mol. The Morgan fingerprint density at radius 2 is 1.32 bits per heavy atom. The van der Waals surface area contributed by atoms with Gasteiger partial charge in [-0.25, -0.2) is 9.99 Å². The molecule has 2 rings (SSSR count). The normalized spacial score (nSPS) is 11.6. The molecular formula is C22H33N2O6P. The molecule has 0 saturated heterocycles. The van der Waals surface area contributed by atoms with Crippen molar-refractivity contribution >= 4 is 7.82 Å². The Bertz CT molecular complexity index is 795. The van der Waals surface area contributed by atoms with Gasteiger partial charge in [0, 0.05) is 6.54 Å². The summed E-state index contributed by atoms with van der Waals surface area (Å²) < 4.78 is 27.4. The lowest BCUT2D eigenvalue weighted by Gasteiger charge is -2.22. The minimum Gasteiger partial charge on any atom is -0.494 e. The molecule has 31 heavy (non-hydrogen) atoms. The van der Waals surface area contributed by atoms with Crippen molar-refractivity contribution in [3.8, 4) is 11.5 Å². The van der Waals surface area contributed by atoms with Crippen molar-refractivity contribution in [2.24, 2.45) is 0 Å². The molecule has 2 aromatic carbocycles. The molecule has 172 valence electrons. The van der Waals surface area contributed by atoms with E-state index >= 15 is 0 Å². The van der Waals surface area contributed by atoms with Crippen molar-refractivity contribution in [1.82, 2.24) is 10.6 Å². The van der Waals surface area contributed by atoms with E-state index in [1.807, 2.05) is 48.5 Å². The Labute approximate surface area is 184 Å². The van der Waals surface area contributed by atoms with E-state index in [4.69, 9.17) is 14.1 Å². The van der Waals surface area contributed by atoms with Gasteiger partial charge in [0.25, 0.3) is 0 Å². The van der Waals surface area contributed by atoms with Gasteiger partial charge in [0.2, 0.25) is 0 Å². The fourth-order valence-corrected chi connectivity index (χ4v) is 3.02. The molecule has 9 heteroatoms. The first-order chi connectivity index (χ1) is 14.9. The highest BCUT2D eigenvalue weighted by Crippen LogP contribution is 2.37. The van der Waals surface area contributed by atoms with Crippen molar-refractivity contribution in [3.63, 3.8) is 0 Å². The van der Waals surface area contributed by atoms with Crippen LogP contribution in [0.3, 0.4) is 0 Å². The summed E-state index contributed by atoms with van der Waals surface area (Å²) in [6.45, 7) is 6.02. The molecule has 0 radical (unpaired) electrons. The van der Waals surface area contributed by atoms with Crippen molar-refractivity contribution in [2.45, 2.75) is 52.6 Å². The van der Waals surface area contributed by atoms with Gasteiger partial charge in [0.15, 0.2) is 0 Å². The van der Waals surface area contributed by atoms with Gasteiger partial charge < -0.3 is 19.3 Å². The highest BCUT2D eigenvalue weighted by atomic mass is 31.2. The van der Waals surface area contributed by atoms with Crippen LogP contribution < -0.4 is 14.9 Å². The number of hydrogen-bond acceptors (Lipinski definition) is 6. The molecule has 0 spiro atoms. The summed E-state index contributed by atoms with van der Waals surface area (Å²) in [7, 11) is -4.71. The minimum atomic E-state index is -4.71. The zero-order chi connectivity index (χ0) is 22.5. The average Bonchev–Trinajstić information content (AvgIpc) is 2.73. The lowest BCUT2D eigenvalue weighted by atomic mass is 10.2. The molecule has 0 amide bonds. The summed E-state index contributed by atoms with van der Waals surface area (Å²) in [5.74, 6) is 1.55. The van der Waals surface area contributed by atoms with Gasteiger partial charge in [-0.1, -0.05) is 51.0 Å². The molecule has 0 unspecified atom stereocenters. The zero-order valence-corrected chi connectivity index (χ0v) is 19.1. The van der Waals surface area contributed by atoms with Crippen LogP contribution in [0.2, 0.25) is 0 Å². The fourth-order valence-electron chi connectivity index (χ4n) is 2.65. The SMILES string of the molecule is CCCCOc1ccc(CNN(Cc2ccc(OCCCC)cc2)OP(=O)(O)O)cc1. The molecule has 2 aromatic rings. The van der Waals surface area contributed by atoms with Crippen molar-refractivity contribution < 1.29 is 28.5 Å². The summed E-state index contributed by atoms with van der Waals surface area (Å²) >= 11 is 0. The Morgan fingerprint density at radius 3 is 1.77 bits per heavy atom. The molecule has 8 nitrogen and oxygen atoms in total. The van der Waals surface area contributed by atoms with Gasteiger partial charge in [-0.2, -0.15) is 4.62 Å². The summed E-state index contributed by atoms with van der Waals surface area (Å²) in [5.41, 5.74) is 4.64. The van der Waals surface area contributed by atoms with E-state index in [1.165, 1.54) is 0 Å². The number of rotatable bonds is 15. The molecule has 0 aliphatic carbocycles. The van der Waals surface area contributed by atoms with Crippen molar-refractivity contribution in [2.75, 3.05) is 13.2 Å². The Morgan fingerprint density at radius 1 is 0.839 bits per heavy atom. The maximum Gasteiger partial charge on any atom is 0.487 e. The molecule has 0 aliphatic heterocycles. The first kappa shape index (κ1) is 25.3. The highest BCUT2D eigenvalue weighted by Gasteiger charge is 2.21. The summed E-state index contributed by atoms with van der Waals surface area (Å²) in [6, 6.07) is 14.9. The fraction of sp³-hybridized carbons (Fsp3) is 0.455. The average molecular weight is 452 g/mol. The third-order valence-corrected chi connectivity index (χ3v) is 4.78. The monoisotopic (exact) mass is 452 g/mol. The number of hydrazine groups is 1. The largest absolute Gasteiger partial charge is 0.494 e. The topological polar surface area (TPSA) is 100 Å². The van der Waals surface area contributed by atoms with E-state index in [-0.39, 0.29) is 6.54 Å². The molecule has 0 saturated carbocycles. The standard InChI is InChI=1S/C22H33N2O6P/c1-3-5-15-28-21-11-7-19(8-12-21)17-23-24(30-31(25,26)27)18-20-9-13-22(14-10-20)29-16-6-4-2/h7-14,23H,3-6,15-18H2,1-2H3,(H2,25,26,27). The summed E-state index contributed by atoms with van der Waals surface area (Å²) in [5, 5.41) is 1.05. The number of ether oxygens (including phenoxy) is 2. The number of unbranched alkanes of at least 4 members (excludes halogenated alkanes) is 2. The van der Waals surface area contributed by atoms with E-state index in [0.29, 0.717) is 19.8 Å². The maximum atomic E-state index is 11.4. The van der Waals surface area contributed by atoms with E-state index < -0.39 is 7.82 Å². The summed E-state index contributed by atoms with van der Waals surface area (Å²) in [6.07, 6.45) is 4.13.